The van der Waals surface area contributed by atoms with Gasteiger partial charge in [-0.15, -0.1) is 0 Å². The Hall–Kier alpha value is -1.26. The van der Waals surface area contributed by atoms with Gasteiger partial charge in [-0.3, -0.25) is 4.79 Å². The van der Waals surface area contributed by atoms with Crippen LogP contribution in [0.1, 0.15) is 38.5 Å². The van der Waals surface area contributed by atoms with Crippen LogP contribution in [0.15, 0.2) is 0 Å². The number of carboxylic acid groups (broad SMARTS) is 1. The molecule has 3 aliphatic rings. The summed E-state index contributed by atoms with van der Waals surface area (Å²) >= 11 is 0. The van der Waals surface area contributed by atoms with E-state index in [1.807, 2.05) is 0 Å². The normalized spacial score (nSPS) is 21.9. The zero-order valence-corrected chi connectivity index (χ0v) is 11.9. The number of rotatable bonds is 8. The fourth-order valence-corrected chi connectivity index (χ4v) is 3.08. The maximum Gasteiger partial charge on any atom is 0.323 e. The van der Waals surface area contributed by atoms with Crippen LogP contribution >= 0.6 is 0 Å². The van der Waals surface area contributed by atoms with Crippen LogP contribution < -0.4 is 5.32 Å². The molecule has 3 saturated carbocycles. The van der Waals surface area contributed by atoms with Crippen LogP contribution in [0, 0.1) is 23.7 Å². The number of nitrogens with zero attached hydrogens (tertiary/aromatic N) is 1. The molecule has 0 saturated heterocycles. The summed E-state index contributed by atoms with van der Waals surface area (Å²) in [7, 11) is 0. The summed E-state index contributed by atoms with van der Waals surface area (Å²) in [6.07, 6.45) is 7.46. The lowest BCUT2D eigenvalue weighted by Gasteiger charge is -2.23. The Morgan fingerprint density at radius 3 is 2.15 bits per heavy atom. The van der Waals surface area contributed by atoms with E-state index >= 15 is 0 Å². The summed E-state index contributed by atoms with van der Waals surface area (Å²) in [5.74, 6) is 1.83. The number of hydrogen-bond acceptors (Lipinski definition) is 2. The molecule has 0 bridgehead atoms. The highest BCUT2D eigenvalue weighted by Gasteiger charge is 2.41. The van der Waals surface area contributed by atoms with Crippen molar-refractivity contribution in [2.75, 3.05) is 19.6 Å². The van der Waals surface area contributed by atoms with Crippen molar-refractivity contribution in [2.24, 2.45) is 23.7 Å². The van der Waals surface area contributed by atoms with Crippen LogP contribution in [0.3, 0.4) is 0 Å². The third-order valence-corrected chi connectivity index (χ3v) is 4.73. The molecule has 20 heavy (non-hydrogen) atoms. The average Bonchev–Trinajstić information content (AvgIpc) is 3.26. The van der Waals surface area contributed by atoms with E-state index in [-0.39, 0.29) is 12.6 Å². The monoisotopic (exact) mass is 280 g/mol. The molecule has 0 unspecified atom stereocenters. The lowest BCUT2D eigenvalue weighted by molar-refractivity contribution is -0.137. The Morgan fingerprint density at radius 1 is 1.10 bits per heavy atom. The summed E-state index contributed by atoms with van der Waals surface area (Å²) in [6, 6.07) is -0.189. The minimum atomic E-state index is -0.929. The molecule has 5 heteroatoms. The predicted octanol–water partition coefficient (Wildman–Crippen LogP) is 1.93. The predicted molar refractivity (Wildman–Crippen MR) is 74.3 cm³/mol. The molecule has 3 aliphatic carbocycles. The van der Waals surface area contributed by atoms with Crippen LogP contribution in [0.25, 0.3) is 0 Å². The van der Waals surface area contributed by atoms with Crippen molar-refractivity contribution in [1.82, 2.24) is 10.2 Å². The number of carbonyl (C=O) groups excluding carboxylic acids is 1. The number of carbonyl (C=O) groups is 2. The second kappa shape index (κ2) is 5.62. The molecule has 3 fully saturated rings. The number of aliphatic carboxylic acids is 1. The summed E-state index contributed by atoms with van der Waals surface area (Å²) < 4.78 is 0. The summed E-state index contributed by atoms with van der Waals surface area (Å²) in [6.45, 7) is 1.14. The van der Waals surface area contributed by atoms with Crippen molar-refractivity contribution in [3.8, 4) is 0 Å². The van der Waals surface area contributed by atoms with Crippen molar-refractivity contribution in [2.45, 2.75) is 38.5 Å². The topological polar surface area (TPSA) is 69.6 Å². The van der Waals surface area contributed by atoms with Crippen molar-refractivity contribution in [3.05, 3.63) is 0 Å². The quantitative estimate of drug-likeness (QED) is 0.713. The molecule has 0 aromatic carbocycles. The SMILES string of the molecule is O=C(O)CN(CC1CC1)C(=O)NCC(C1CC1)C1CC1. The third kappa shape index (κ3) is 3.87. The van der Waals surface area contributed by atoms with Gasteiger partial charge < -0.3 is 15.3 Å². The Morgan fingerprint density at radius 2 is 1.70 bits per heavy atom. The molecular weight excluding hydrogens is 256 g/mol. The fraction of sp³-hybridized carbons (Fsp3) is 0.867. The number of nitrogens with one attached hydrogen (secondary N) is 1. The summed E-state index contributed by atoms with van der Waals surface area (Å²) in [5, 5.41) is 11.9. The first-order valence-corrected chi connectivity index (χ1v) is 7.88. The molecule has 3 rings (SSSR count). The highest BCUT2D eigenvalue weighted by Crippen LogP contribution is 2.48. The van der Waals surface area contributed by atoms with E-state index in [0.29, 0.717) is 18.4 Å². The van der Waals surface area contributed by atoms with Crippen LogP contribution in [0.5, 0.6) is 0 Å². The minimum Gasteiger partial charge on any atom is -0.480 e. The van der Waals surface area contributed by atoms with E-state index in [1.54, 1.807) is 0 Å². The molecule has 0 aromatic rings. The van der Waals surface area contributed by atoms with Gasteiger partial charge in [-0.1, -0.05) is 0 Å². The third-order valence-electron chi connectivity index (χ3n) is 4.73. The highest BCUT2D eigenvalue weighted by molar-refractivity contribution is 5.80. The standard InChI is InChI=1S/C15H24N2O3/c18-14(19)9-17(8-10-1-2-10)15(20)16-7-13(11-3-4-11)12-5-6-12/h10-13H,1-9H2,(H,16,20)(H,18,19). The summed E-state index contributed by atoms with van der Waals surface area (Å²) in [4.78, 5) is 24.5. The number of urea groups is 1. The molecule has 2 amide bonds. The Labute approximate surface area is 119 Å². The zero-order chi connectivity index (χ0) is 14.1. The lowest BCUT2D eigenvalue weighted by atomic mass is 9.98. The van der Waals surface area contributed by atoms with E-state index < -0.39 is 5.97 Å². The lowest BCUT2D eigenvalue weighted by Crippen LogP contribution is -2.45. The molecule has 0 radical (unpaired) electrons. The maximum absolute atomic E-state index is 12.2. The van der Waals surface area contributed by atoms with Crippen molar-refractivity contribution < 1.29 is 14.7 Å². The average molecular weight is 280 g/mol. The first kappa shape index (κ1) is 13.7. The van der Waals surface area contributed by atoms with Gasteiger partial charge in [0.05, 0.1) is 0 Å². The van der Waals surface area contributed by atoms with Gasteiger partial charge in [0.15, 0.2) is 0 Å². The molecule has 0 spiro atoms. The Bertz CT molecular complexity index is 375. The van der Waals surface area contributed by atoms with Gasteiger partial charge in [-0.25, -0.2) is 4.79 Å². The van der Waals surface area contributed by atoms with Gasteiger partial charge in [-0.05, 0) is 62.2 Å². The van der Waals surface area contributed by atoms with Gasteiger partial charge in [0, 0.05) is 13.1 Å². The van der Waals surface area contributed by atoms with E-state index in [4.69, 9.17) is 5.11 Å². The molecule has 0 heterocycles. The molecular formula is C15H24N2O3. The number of carboxylic acids is 1. The van der Waals surface area contributed by atoms with E-state index in [1.165, 1.54) is 30.6 Å². The van der Waals surface area contributed by atoms with Crippen molar-refractivity contribution >= 4 is 12.0 Å². The number of amides is 2. The van der Waals surface area contributed by atoms with Gasteiger partial charge in [0.2, 0.25) is 0 Å². The first-order valence-electron chi connectivity index (χ1n) is 7.88. The van der Waals surface area contributed by atoms with Crippen molar-refractivity contribution in [1.29, 1.82) is 0 Å². The van der Waals surface area contributed by atoms with Crippen LogP contribution in [0.2, 0.25) is 0 Å². The maximum atomic E-state index is 12.2. The Kier molecular flexibility index (Phi) is 3.85. The Balaban J connectivity index is 1.48. The molecule has 0 aromatic heterocycles. The molecule has 0 aliphatic heterocycles. The number of hydrogen-bond donors (Lipinski definition) is 2. The fourth-order valence-electron chi connectivity index (χ4n) is 3.08. The van der Waals surface area contributed by atoms with Crippen LogP contribution in [0.4, 0.5) is 4.79 Å². The van der Waals surface area contributed by atoms with Gasteiger partial charge >= 0.3 is 12.0 Å². The second-order valence-corrected chi connectivity index (χ2v) is 6.74. The van der Waals surface area contributed by atoms with E-state index in [9.17, 15) is 9.59 Å². The van der Waals surface area contributed by atoms with Gasteiger partial charge in [0.25, 0.3) is 0 Å². The van der Waals surface area contributed by atoms with Crippen LogP contribution in [-0.4, -0.2) is 41.6 Å². The summed E-state index contributed by atoms with van der Waals surface area (Å²) in [5.41, 5.74) is 0. The van der Waals surface area contributed by atoms with E-state index in [2.05, 4.69) is 5.32 Å². The largest absolute Gasteiger partial charge is 0.480 e. The zero-order valence-electron chi connectivity index (χ0n) is 11.9. The minimum absolute atomic E-state index is 0.181. The smallest absolute Gasteiger partial charge is 0.323 e. The van der Waals surface area contributed by atoms with Gasteiger partial charge in [-0.2, -0.15) is 0 Å². The molecule has 112 valence electrons. The molecule has 2 N–H and O–H groups in total. The first-order chi connectivity index (χ1) is 9.63. The second-order valence-electron chi connectivity index (χ2n) is 6.74. The molecule has 0 atom stereocenters. The van der Waals surface area contributed by atoms with Crippen LogP contribution in [-0.2, 0) is 4.79 Å². The van der Waals surface area contributed by atoms with Gasteiger partial charge in [0.1, 0.15) is 6.54 Å². The van der Waals surface area contributed by atoms with Crippen molar-refractivity contribution in [3.63, 3.8) is 0 Å². The molecule has 5 nitrogen and oxygen atoms in total. The van der Waals surface area contributed by atoms with E-state index in [0.717, 1.165) is 31.2 Å². The highest BCUT2D eigenvalue weighted by atomic mass is 16.4.